The highest BCUT2D eigenvalue weighted by atomic mass is 16.5. The number of aliphatic carboxylic acids is 1. The predicted octanol–water partition coefficient (Wildman–Crippen LogP) is 1.89. The van der Waals surface area contributed by atoms with E-state index in [1.54, 1.807) is 6.07 Å². The van der Waals surface area contributed by atoms with E-state index in [4.69, 9.17) is 14.8 Å². The third-order valence-electron chi connectivity index (χ3n) is 5.60. The smallest absolute Gasteiger partial charge is 0.305 e. The molecule has 2 aromatic rings. The second-order valence-corrected chi connectivity index (χ2v) is 7.35. The second kappa shape index (κ2) is 8.60. The summed E-state index contributed by atoms with van der Waals surface area (Å²) in [4.78, 5) is 28.0. The Morgan fingerprint density at radius 3 is 2.75 bits per heavy atom. The molecule has 1 aliphatic heterocycles. The van der Waals surface area contributed by atoms with Gasteiger partial charge in [-0.3, -0.25) is 9.59 Å². The van der Waals surface area contributed by atoms with E-state index in [1.165, 1.54) is 7.11 Å². The monoisotopic (exact) mass is 388 g/mol. The number of carboxylic acid groups (broad SMARTS) is 1. The largest absolute Gasteiger partial charge is 0.496 e. The van der Waals surface area contributed by atoms with Gasteiger partial charge in [0.05, 0.1) is 30.1 Å². The number of hydrogen-bond donors (Lipinski definition) is 3. The van der Waals surface area contributed by atoms with Crippen molar-refractivity contribution in [1.82, 2.24) is 20.2 Å². The molecule has 1 aliphatic rings. The summed E-state index contributed by atoms with van der Waals surface area (Å²) in [6, 6.07) is 3.55. The van der Waals surface area contributed by atoms with Crippen molar-refractivity contribution in [3.8, 4) is 5.75 Å². The quantitative estimate of drug-likeness (QED) is 0.669. The fraction of sp³-hybridized carbons (Fsp3) is 0.550. The van der Waals surface area contributed by atoms with E-state index in [2.05, 4.69) is 22.1 Å². The van der Waals surface area contributed by atoms with Gasteiger partial charge >= 0.3 is 5.97 Å². The Balaban J connectivity index is 1.90. The Hall–Kier alpha value is -2.61. The number of aromatic nitrogens is 2. The Morgan fingerprint density at radius 2 is 2.11 bits per heavy atom. The summed E-state index contributed by atoms with van der Waals surface area (Å²) in [5.41, 5.74) is 2.01. The number of fused-ring (bicyclic) bond motifs is 1. The molecule has 8 heteroatoms. The van der Waals surface area contributed by atoms with E-state index >= 15 is 0 Å². The van der Waals surface area contributed by atoms with Gasteiger partial charge in [0.2, 0.25) is 0 Å². The van der Waals surface area contributed by atoms with Crippen LogP contribution in [-0.2, 0) is 11.8 Å². The van der Waals surface area contributed by atoms with Crippen molar-refractivity contribution in [1.29, 1.82) is 0 Å². The van der Waals surface area contributed by atoms with Gasteiger partial charge in [0.1, 0.15) is 11.6 Å². The number of carboxylic acids is 1. The van der Waals surface area contributed by atoms with Crippen molar-refractivity contribution in [3.63, 3.8) is 0 Å². The van der Waals surface area contributed by atoms with Gasteiger partial charge in [-0.2, -0.15) is 0 Å². The van der Waals surface area contributed by atoms with E-state index in [-0.39, 0.29) is 18.9 Å². The number of rotatable bonds is 7. The van der Waals surface area contributed by atoms with E-state index < -0.39 is 5.97 Å². The normalized spacial score (nSPS) is 16.1. The number of imidazole rings is 1. The lowest BCUT2D eigenvalue weighted by molar-refractivity contribution is -0.136. The SMILES string of the molecule is COc1cc2c(cc1C(=O)NCCC(=O)O)nc(C(C)C1CCNCC1)n2C. The minimum Gasteiger partial charge on any atom is -0.496 e. The van der Waals surface area contributed by atoms with Crippen molar-refractivity contribution < 1.29 is 19.4 Å². The summed E-state index contributed by atoms with van der Waals surface area (Å²) < 4.78 is 7.50. The van der Waals surface area contributed by atoms with Crippen LogP contribution in [0.2, 0.25) is 0 Å². The topological polar surface area (TPSA) is 105 Å². The third kappa shape index (κ3) is 4.11. The van der Waals surface area contributed by atoms with Crippen molar-refractivity contribution in [2.24, 2.45) is 13.0 Å². The zero-order valence-electron chi connectivity index (χ0n) is 16.6. The maximum Gasteiger partial charge on any atom is 0.305 e. The Morgan fingerprint density at radius 1 is 1.39 bits per heavy atom. The standard InChI is InChI=1S/C20H28N4O4/c1-12(13-4-7-21-8-5-13)19-23-15-10-14(20(27)22-9-6-18(25)26)17(28-3)11-16(15)24(19)2/h10-13,21H,4-9H2,1-3H3,(H,22,27)(H,25,26). The van der Waals surface area contributed by atoms with Crippen LogP contribution >= 0.6 is 0 Å². The van der Waals surface area contributed by atoms with Crippen LogP contribution in [0.1, 0.15) is 48.3 Å². The van der Waals surface area contributed by atoms with Crippen LogP contribution in [0.4, 0.5) is 0 Å². The molecule has 1 atom stereocenters. The molecular formula is C20H28N4O4. The molecule has 0 aliphatic carbocycles. The molecule has 1 fully saturated rings. The highest BCUT2D eigenvalue weighted by Crippen LogP contribution is 2.33. The Bertz CT molecular complexity index is 871. The van der Waals surface area contributed by atoms with Gasteiger partial charge in [0.15, 0.2) is 0 Å². The molecule has 1 unspecified atom stereocenters. The first-order chi connectivity index (χ1) is 13.4. The Labute approximate surface area is 164 Å². The number of benzene rings is 1. The summed E-state index contributed by atoms with van der Waals surface area (Å²) in [5, 5.41) is 14.8. The fourth-order valence-corrected chi connectivity index (χ4v) is 3.92. The summed E-state index contributed by atoms with van der Waals surface area (Å²) >= 11 is 0. The molecule has 1 aromatic carbocycles. The lowest BCUT2D eigenvalue weighted by Gasteiger charge is -2.27. The molecule has 8 nitrogen and oxygen atoms in total. The van der Waals surface area contributed by atoms with Crippen molar-refractivity contribution in [2.75, 3.05) is 26.7 Å². The van der Waals surface area contributed by atoms with Gasteiger partial charge in [-0.05, 0) is 37.9 Å². The number of hydrogen-bond acceptors (Lipinski definition) is 5. The molecule has 0 saturated carbocycles. The summed E-state index contributed by atoms with van der Waals surface area (Å²) in [5.74, 6) is 1.04. The number of amides is 1. The number of aryl methyl sites for hydroxylation is 1. The van der Waals surface area contributed by atoms with Crippen LogP contribution in [0.5, 0.6) is 5.75 Å². The van der Waals surface area contributed by atoms with Crippen LogP contribution in [0, 0.1) is 5.92 Å². The van der Waals surface area contributed by atoms with E-state index in [1.807, 2.05) is 13.1 Å². The minimum atomic E-state index is -0.955. The highest BCUT2D eigenvalue weighted by Gasteiger charge is 2.26. The first kappa shape index (κ1) is 20.1. The second-order valence-electron chi connectivity index (χ2n) is 7.35. The van der Waals surface area contributed by atoms with Crippen LogP contribution in [-0.4, -0.2) is 53.3 Å². The zero-order valence-corrected chi connectivity index (χ0v) is 16.6. The number of carbonyl (C=O) groups is 2. The first-order valence-electron chi connectivity index (χ1n) is 9.67. The molecule has 1 aromatic heterocycles. The highest BCUT2D eigenvalue weighted by molar-refractivity contribution is 6.00. The summed E-state index contributed by atoms with van der Waals surface area (Å²) in [6.07, 6.45) is 2.13. The van der Waals surface area contributed by atoms with Crippen molar-refractivity contribution in [3.05, 3.63) is 23.5 Å². The van der Waals surface area contributed by atoms with Crippen LogP contribution in [0.3, 0.4) is 0 Å². The van der Waals surface area contributed by atoms with Crippen molar-refractivity contribution in [2.45, 2.75) is 32.1 Å². The molecular weight excluding hydrogens is 360 g/mol. The lowest BCUT2D eigenvalue weighted by Crippen LogP contribution is -2.30. The Kier molecular flexibility index (Phi) is 6.18. The molecule has 0 spiro atoms. The molecule has 2 heterocycles. The molecule has 152 valence electrons. The molecule has 1 amide bonds. The van der Waals surface area contributed by atoms with Crippen LogP contribution < -0.4 is 15.4 Å². The average Bonchev–Trinajstić information content (AvgIpc) is 3.02. The van der Waals surface area contributed by atoms with Gasteiger partial charge in [0.25, 0.3) is 5.91 Å². The summed E-state index contributed by atoms with van der Waals surface area (Å²) in [7, 11) is 3.51. The van der Waals surface area contributed by atoms with E-state index in [0.29, 0.717) is 23.1 Å². The molecule has 0 bridgehead atoms. The van der Waals surface area contributed by atoms with Crippen molar-refractivity contribution >= 4 is 22.9 Å². The molecule has 3 N–H and O–H groups in total. The predicted molar refractivity (Wildman–Crippen MR) is 106 cm³/mol. The maximum atomic E-state index is 12.5. The maximum absolute atomic E-state index is 12.5. The third-order valence-corrected chi connectivity index (χ3v) is 5.60. The average molecular weight is 388 g/mol. The number of nitrogens with one attached hydrogen (secondary N) is 2. The summed E-state index contributed by atoms with van der Waals surface area (Å²) in [6.45, 7) is 4.35. The van der Waals surface area contributed by atoms with Crippen LogP contribution in [0.15, 0.2) is 12.1 Å². The minimum absolute atomic E-state index is 0.0651. The number of carbonyl (C=O) groups excluding carboxylic acids is 1. The van der Waals surface area contributed by atoms with Gasteiger partial charge in [0, 0.05) is 25.6 Å². The number of ether oxygens (including phenoxy) is 1. The molecule has 1 saturated heterocycles. The first-order valence-corrected chi connectivity index (χ1v) is 9.67. The number of nitrogens with zero attached hydrogens (tertiary/aromatic N) is 2. The number of piperidine rings is 1. The van der Waals surface area contributed by atoms with E-state index in [0.717, 1.165) is 42.8 Å². The van der Waals surface area contributed by atoms with Gasteiger partial charge in [-0.25, -0.2) is 4.98 Å². The zero-order chi connectivity index (χ0) is 20.3. The van der Waals surface area contributed by atoms with Gasteiger partial charge in [-0.15, -0.1) is 0 Å². The van der Waals surface area contributed by atoms with Gasteiger partial charge in [-0.1, -0.05) is 6.92 Å². The molecule has 0 radical (unpaired) electrons. The van der Waals surface area contributed by atoms with Gasteiger partial charge < -0.3 is 25.0 Å². The lowest BCUT2D eigenvalue weighted by atomic mass is 9.85. The number of methoxy groups -OCH3 is 1. The fourth-order valence-electron chi connectivity index (χ4n) is 3.92. The van der Waals surface area contributed by atoms with Crippen LogP contribution in [0.25, 0.3) is 11.0 Å². The molecule has 28 heavy (non-hydrogen) atoms. The molecule has 3 rings (SSSR count). The van der Waals surface area contributed by atoms with E-state index in [9.17, 15) is 9.59 Å².